The predicted molar refractivity (Wildman–Crippen MR) is 126 cm³/mol. The van der Waals surface area contributed by atoms with Gasteiger partial charge in [0.25, 0.3) is 5.91 Å². The molecule has 182 valence electrons. The van der Waals surface area contributed by atoms with Gasteiger partial charge in [-0.15, -0.1) is 0 Å². The van der Waals surface area contributed by atoms with E-state index in [1.54, 1.807) is 31.4 Å². The quantitative estimate of drug-likeness (QED) is 0.425. The summed E-state index contributed by atoms with van der Waals surface area (Å²) in [5, 5.41) is 18.0. The van der Waals surface area contributed by atoms with Crippen LogP contribution in [-0.4, -0.2) is 66.2 Å². The summed E-state index contributed by atoms with van der Waals surface area (Å²) < 4.78 is 10.9. The molecule has 0 spiro atoms. The van der Waals surface area contributed by atoms with Crippen LogP contribution in [0.25, 0.3) is 22.8 Å². The van der Waals surface area contributed by atoms with Gasteiger partial charge in [-0.05, 0) is 18.2 Å². The third-order valence-corrected chi connectivity index (χ3v) is 6.35. The standard InChI is InChI=1S/C24H22N8O4/c1-32-9-7-24(34,22(32)33)20-11-19(31-36-20)17-4-2-3-16(28-17)18-5-8-25-23(29-18)30-21-14-12-35-10-6-15(14)26-13-27-21/h2-5,8,11,13,34H,6-7,9-10,12H2,1H3,(H,25,26,27,29,30)/t24-/m1/s1. The van der Waals surface area contributed by atoms with Crippen molar-refractivity contribution in [3.05, 3.63) is 59.9 Å². The number of aromatic nitrogens is 6. The molecule has 1 atom stereocenters. The Morgan fingerprint density at radius 1 is 1.08 bits per heavy atom. The lowest BCUT2D eigenvalue weighted by atomic mass is 9.98. The zero-order chi connectivity index (χ0) is 24.7. The van der Waals surface area contributed by atoms with E-state index in [1.165, 1.54) is 11.2 Å². The molecule has 0 bridgehead atoms. The van der Waals surface area contributed by atoms with E-state index in [1.807, 2.05) is 12.1 Å². The molecule has 4 aromatic rings. The predicted octanol–water partition coefficient (Wildman–Crippen LogP) is 1.85. The smallest absolute Gasteiger partial charge is 0.262 e. The molecule has 6 heterocycles. The summed E-state index contributed by atoms with van der Waals surface area (Å²) in [6.45, 7) is 1.50. The molecule has 12 heteroatoms. The van der Waals surface area contributed by atoms with Crippen LogP contribution in [0.1, 0.15) is 23.4 Å². The van der Waals surface area contributed by atoms with Crippen LogP contribution >= 0.6 is 0 Å². The maximum absolute atomic E-state index is 12.4. The highest BCUT2D eigenvalue weighted by molar-refractivity contribution is 5.87. The van der Waals surface area contributed by atoms with Crippen molar-refractivity contribution in [2.75, 3.05) is 25.5 Å². The normalized spacial score (nSPS) is 19.4. The van der Waals surface area contributed by atoms with E-state index in [4.69, 9.17) is 9.26 Å². The number of likely N-dealkylation sites (tertiary alicyclic amines) is 1. The van der Waals surface area contributed by atoms with E-state index in [0.29, 0.717) is 54.3 Å². The Morgan fingerprint density at radius 2 is 1.92 bits per heavy atom. The fourth-order valence-electron chi connectivity index (χ4n) is 4.33. The Labute approximate surface area is 205 Å². The minimum Gasteiger partial charge on any atom is -0.376 e. The van der Waals surface area contributed by atoms with Crippen molar-refractivity contribution in [3.8, 4) is 22.8 Å². The van der Waals surface area contributed by atoms with Gasteiger partial charge in [-0.2, -0.15) is 0 Å². The van der Waals surface area contributed by atoms with E-state index in [0.717, 1.165) is 17.7 Å². The first-order chi connectivity index (χ1) is 17.5. The Hall–Kier alpha value is -4.29. The van der Waals surface area contributed by atoms with Gasteiger partial charge in [0.1, 0.15) is 17.8 Å². The van der Waals surface area contributed by atoms with Crippen LogP contribution in [0.15, 0.2) is 47.4 Å². The van der Waals surface area contributed by atoms with Crippen molar-refractivity contribution in [3.63, 3.8) is 0 Å². The first-order valence-electron chi connectivity index (χ1n) is 11.4. The third kappa shape index (κ3) is 3.85. The van der Waals surface area contributed by atoms with E-state index in [9.17, 15) is 9.90 Å². The summed E-state index contributed by atoms with van der Waals surface area (Å²) in [6, 6.07) is 8.71. The molecule has 1 amide bonds. The Bertz CT molecular complexity index is 1460. The van der Waals surface area contributed by atoms with Crippen molar-refractivity contribution in [1.29, 1.82) is 0 Å². The number of nitrogens with one attached hydrogen (secondary N) is 1. The van der Waals surface area contributed by atoms with E-state index in [-0.39, 0.29) is 12.2 Å². The van der Waals surface area contributed by atoms with Gasteiger partial charge in [-0.1, -0.05) is 11.2 Å². The molecule has 1 saturated heterocycles. The van der Waals surface area contributed by atoms with E-state index < -0.39 is 11.5 Å². The van der Waals surface area contributed by atoms with Crippen molar-refractivity contribution in [1.82, 2.24) is 35.0 Å². The number of pyridine rings is 1. The summed E-state index contributed by atoms with van der Waals surface area (Å²) >= 11 is 0. The average Bonchev–Trinajstić information content (AvgIpc) is 3.52. The highest BCUT2D eigenvalue weighted by atomic mass is 16.5. The monoisotopic (exact) mass is 486 g/mol. The molecule has 0 radical (unpaired) electrons. The zero-order valence-electron chi connectivity index (χ0n) is 19.4. The van der Waals surface area contributed by atoms with Crippen LogP contribution in [-0.2, 0) is 28.2 Å². The number of hydrogen-bond donors (Lipinski definition) is 2. The van der Waals surface area contributed by atoms with Crippen LogP contribution in [0.5, 0.6) is 0 Å². The molecular weight excluding hydrogens is 464 g/mol. The average molecular weight is 486 g/mol. The lowest BCUT2D eigenvalue weighted by Crippen LogP contribution is -2.35. The number of amides is 1. The fourth-order valence-corrected chi connectivity index (χ4v) is 4.33. The third-order valence-electron chi connectivity index (χ3n) is 6.35. The van der Waals surface area contributed by atoms with Crippen molar-refractivity contribution >= 4 is 17.7 Å². The molecule has 6 rings (SSSR count). The number of aliphatic hydroxyl groups is 1. The number of nitrogens with zero attached hydrogens (tertiary/aromatic N) is 7. The maximum Gasteiger partial charge on any atom is 0.262 e. The number of carbonyl (C=O) groups is 1. The second kappa shape index (κ2) is 8.73. The number of rotatable bonds is 5. The minimum absolute atomic E-state index is 0.102. The number of ether oxygens (including phenoxy) is 1. The van der Waals surface area contributed by atoms with Gasteiger partial charge in [0.05, 0.1) is 36.0 Å². The van der Waals surface area contributed by atoms with Crippen LogP contribution in [0, 0.1) is 0 Å². The fraction of sp³-hybridized carbons (Fsp3) is 0.292. The minimum atomic E-state index is -1.71. The molecule has 36 heavy (non-hydrogen) atoms. The van der Waals surface area contributed by atoms with Gasteiger partial charge < -0.3 is 24.6 Å². The number of anilines is 2. The van der Waals surface area contributed by atoms with Gasteiger partial charge >= 0.3 is 0 Å². The summed E-state index contributed by atoms with van der Waals surface area (Å²) in [5.41, 5.74) is 2.23. The number of fused-ring (bicyclic) bond motifs is 1. The molecule has 0 unspecified atom stereocenters. The highest BCUT2D eigenvalue weighted by Crippen LogP contribution is 2.34. The second-order valence-corrected chi connectivity index (χ2v) is 8.66. The topological polar surface area (TPSA) is 152 Å². The molecule has 2 aliphatic heterocycles. The Kier molecular flexibility index (Phi) is 5.38. The van der Waals surface area contributed by atoms with Crippen LogP contribution in [0.3, 0.4) is 0 Å². The van der Waals surface area contributed by atoms with E-state index >= 15 is 0 Å². The number of hydrogen-bond acceptors (Lipinski definition) is 11. The van der Waals surface area contributed by atoms with Crippen LogP contribution in [0.4, 0.5) is 11.8 Å². The van der Waals surface area contributed by atoms with Gasteiger partial charge in [-0.25, -0.2) is 24.9 Å². The number of carbonyl (C=O) groups excluding carboxylic acids is 1. The zero-order valence-corrected chi connectivity index (χ0v) is 19.4. The molecule has 1 fully saturated rings. The van der Waals surface area contributed by atoms with Gasteiger partial charge in [0, 0.05) is 44.3 Å². The molecule has 4 aromatic heterocycles. The molecule has 0 aliphatic carbocycles. The van der Waals surface area contributed by atoms with Gasteiger partial charge in [-0.3, -0.25) is 4.79 Å². The van der Waals surface area contributed by atoms with Gasteiger partial charge in [0.2, 0.25) is 11.5 Å². The van der Waals surface area contributed by atoms with Crippen molar-refractivity contribution in [2.45, 2.75) is 25.0 Å². The SMILES string of the molecule is CN1CC[C@@](O)(c2cc(-c3cccc(-c4ccnc(Nc5ncnc6c5COCC6)n4)n3)no2)C1=O. The lowest BCUT2D eigenvalue weighted by molar-refractivity contribution is -0.144. The summed E-state index contributed by atoms with van der Waals surface area (Å²) in [5.74, 6) is 0.661. The van der Waals surface area contributed by atoms with Crippen molar-refractivity contribution in [2.24, 2.45) is 0 Å². The summed E-state index contributed by atoms with van der Waals surface area (Å²) in [6.07, 6.45) is 4.12. The second-order valence-electron chi connectivity index (χ2n) is 8.66. The molecule has 0 aromatic carbocycles. The maximum atomic E-state index is 12.4. The molecule has 12 nitrogen and oxygen atoms in total. The lowest BCUT2D eigenvalue weighted by Gasteiger charge is -2.18. The highest BCUT2D eigenvalue weighted by Gasteiger charge is 2.48. The van der Waals surface area contributed by atoms with Gasteiger partial charge in [0.15, 0.2) is 5.76 Å². The Balaban J connectivity index is 1.27. The molecule has 2 aliphatic rings. The van der Waals surface area contributed by atoms with E-state index in [2.05, 4.69) is 35.4 Å². The van der Waals surface area contributed by atoms with Crippen LogP contribution in [0.2, 0.25) is 0 Å². The molecule has 0 saturated carbocycles. The summed E-state index contributed by atoms with van der Waals surface area (Å²) in [4.78, 5) is 36.1. The molecule has 2 N–H and O–H groups in total. The van der Waals surface area contributed by atoms with Crippen molar-refractivity contribution < 1.29 is 19.2 Å². The molecular formula is C24H22N8O4. The first-order valence-corrected chi connectivity index (χ1v) is 11.4. The summed E-state index contributed by atoms with van der Waals surface area (Å²) in [7, 11) is 1.64. The van der Waals surface area contributed by atoms with Crippen LogP contribution < -0.4 is 5.32 Å². The first kappa shape index (κ1) is 22.2. The Morgan fingerprint density at radius 3 is 2.75 bits per heavy atom. The largest absolute Gasteiger partial charge is 0.376 e. The number of likely N-dealkylation sites (N-methyl/N-ethyl adjacent to an activating group) is 1.